The van der Waals surface area contributed by atoms with E-state index in [-0.39, 0.29) is 5.91 Å². The van der Waals surface area contributed by atoms with Crippen LogP contribution in [0.2, 0.25) is 5.02 Å². The van der Waals surface area contributed by atoms with Gasteiger partial charge in [-0.25, -0.2) is 0 Å². The van der Waals surface area contributed by atoms with Gasteiger partial charge in [-0.05, 0) is 47.1 Å². The van der Waals surface area contributed by atoms with Crippen LogP contribution in [0.4, 0.5) is 0 Å². The number of carbonyl (C=O) groups is 1. The minimum Gasteiger partial charge on any atom is -0.352 e. The van der Waals surface area contributed by atoms with Crippen LogP contribution in [0.5, 0.6) is 0 Å². The summed E-state index contributed by atoms with van der Waals surface area (Å²) in [6.45, 7) is 6.01. The molecular weight excluding hydrogens is 342 g/mol. The Morgan fingerprint density at radius 1 is 1.40 bits per heavy atom. The Labute approximate surface area is 133 Å². The van der Waals surface area contributed by atoms with Gasteiger partial charge in [0.05, 0.1) is 5.56 Å². The van der Waals surface area contributed by atoms with Gasteiger partial charge in [0, 0.05) is 42.2 Å². The Hall–Kier alpha value is -0.620. The van der Waals surface area contributed by atoms with E-state index in [1.807, 2.05) is 0 Å². The zero-order valence-corrected chi connectivity index (χ0v) is 13.6. The number of nitrogens with one attached hydrogen (secondary N) is 2. The summed E-state index contributed by atoms with van der Waals surface area (Å²) in [5.41, 5.74) is 0.583. The fraction of sp³-hybridized carbons (Fsp3) is 0.500. The molecule has 1 amide bonds. The minimum absolute atomic E-state index is 0.0836. The van der Waals surface area contributed by atoms with Gasteiger partial charge in [0.15, 0.2) is 0 Å². The molecular formula is C14H19BrClN3O. The predicted molar refractivity (Wildman–Crippen MR) is 85.4 cm³/mol. The number of hydrogen-bond acceptors (Lipinski definition) is 3. The van der Waals surface area contributed by atoms with Gasteiger partial charge in [0.2, 0.25) is 0 Å². The quantitative estimate of drug-likeness (QED) is 0.791. The van der Waals surface area contributed by atoms with Crippen molar-refractivity contribution in [2.45, 2.75) is 6.42 Å². The summed E-state index contributed by atoms with van der Waals surface area (Å²) in [7, 11) is 0. The number of rotatable bonds is 5. The van der Waals surface area contributed by atoms with Crippen molar-refractivity contribution < 1.29 is 4.79 Å². The first-order valence-electron chi connectivity index (χ1n) is 6.83. The molecule has 0 unspecified atom stereocenters. The Balaban J connectivity index is 1.73. The molecule has 0 bridgehead atoms. The van der Waals surface area contributed by atoms with Crippen LogP contribution >= 0.6 is 27.5 Å². The molecule has 1 aliphatic heterocycles. The maximum Gasteiger partial charge on any atom is 0.252 e. The molecule has 2 N–H and O–H groups in total. The van der Waals surface area contributed by atoms with Gasteiger partial charge in [0.25, 0.3) is 5.91 Å². The predicted octanol–water partition coefficient (Wildman–Crippen LogP) is 2.13. The van der Waals surface area contributed by atoms with Crippen molar-refractivity contribution in [1.29, 1.82) is 0 Å². The molecule has 0 atom stereocenters. The number of hydrogen-bond donors (Lipinski definition) is 2. The number of nitrogens with zero attached hydrogens (tertiary/aromatic N) is 1. The normalized spacial score (nSPS) is 16.1. The van der Waals surface area contributed by atoms with Crippen molar-refractivity contribution in [3.05, 3.63) is 33.3 Å². The monoisotopic (exact) mass is 359 g/mol. The van der Waals surface area contributed by atoms with E-state index >= 15 is 0 Å². The highest BCUT2D eigenvalue weighted by Gasteiger charge is 2.11. The van der Waals surface area contributed by atoms with Crippen molar-refractivity contribution >= 4 is 33.4 Å². The van der Waals surface area contributed by atoms with Crippen molar-refractivity contribution in [1.82, 2.24) is 15.5 Å². The van der Waals surface area contributed by atoms with Gasteiger partial charge in [-0.15, -0.1) is 0 Å². The molecule has 110 valence electrons. The molecule has 0 spiro atoms. The Morgan fingerprint density at radius 3 is 2.90 bits per heavy atom. The molecule has 1 aromatic rings. The number of halogens is 2. The average Bonchev–Trinajstić information content (AvgIpc) is 2.47. The summed E-state index contributed by atoms with van der Waals surface area (Å²) in [6, 6.07) is 5.22. The molecule has 6 heteroatoms. The summed E-state index contributed by atoms with van der Waals surface area (Å²) in [5.74, 6) is -0.0836. The maximum absolute atomic E-state index is 12.0. The first kappa shape index (κ1) is 15.8. The van der Waals surface area contributed by atoms with Crippen LogP contribution < -0.4 is 10.6 Å². The van der Waals surface area contributed by atoms with E-state index in [0.717, 1.165) is 43.6 Å². The Morgan fingerprint density at radius 2 is 2.15 bits per heavy atom. The van der Waals surface area contributed by atoms with Crippen LogP contribution in [0.15, 0.2) is 22.7 Å². The van der Waals surface area contributed by atoms with Crippen LogP contribution in [0.1, 0.15) is 16.8 Å². The van der Waals surface area contributed by atoms with Gasteiger partial charge in [-0.1, -0.05) is 11.6 Å². The van der Waals surface area contributed by atoms with Crippen LogP contribution in [-0.4, -0.2) is 50.1 Å². The van der Waals surface area contributed by atoms with Crippen LogP contribution in [0.3, 0.4) is 0 Å². The lowest BCUT2D eigenvalue weighted by molar-refractivity contribution is 0.0950. The molecule has 0 aliphatic carbocycles. The Kier molecular flexibility index (Phi) is 6.29. The SMILES string of the molecule is O=C(NCCCN1CCNCC1)c1cc(Cl)ccc1Br. The molecule has 1 aromatic carbocycles. The van der Waals surface area contributed by atoms with Crippen LogP contribution in [-0.2, 0) is 0 Å². The molecule has 0 aromatic heterocycles. The third kappa shape index (κ3) is 4.74. The van der Waals surface area contributed by atoms with Gasteiger partial charge >= 0.3 is 0 Å². The first-order valence-corrected chi connectivity index (χ1v) is 8.00. The highest BCUT2D eigenvalue weighted by Crippen LogP contribution is 2.20. The topological polar surface area (TPSA) is 44.4 Å². The van der Waals surface area contributed by atoms with E-state index in [0.29, 0.717) is 17.1 Å². The third-order valence-electron chi connectivity index (χ3n) is 3.32. The van der Waals surface area contributed by atoms with E-state index in [1.165, 1.54) is 0 Å². The van der Waals surface area contributed by atoms with Gasteiger partial charge < -0.3 is 15.5 Å². The Bertz CT molecular complexity index is 464. The number of piperazine rings is 1. The maximum atomic E-state index is 12.0. The molecule has 1 aliphatic rings. The van der Waals surface area contributed by atoms with Gasteiger partial charge in [-0.2, -0.15) is 0 Å². The highest BCUT2D eigenvalue weighted by molar-refractivity contribution is 9.10. The summed E-state index contributed by atoms with van der Waals surface area (Å²) in [6.07, 6.45) is 0.962. The molecule has 0 radical (unpaired) electrons. The zero-order chi connectivity index (χ0) is 14.4. The fourth-order valence-electron chi connectivity index (χ4n) is 2.21. The second-order valence-corrected chi connectivity index (χ2v) is 6.12. The van der Waals surface area contributed by atoms with Crippen molar-refractivity contribution in [2.75, 3.05) is 39.3 Å². The molecule has 20 heavy (non-hydrogen) atoms. The largest absolute Gasteiger partial charge is 0.352 e. The number of carbonyl (C=O) groups excluding carboxylic acids is 1. The molecule has 2 rings (SSSR count). The zero-order valence-electron chi connectivity index (χ0n) is 11.3. The lowest BCUT2D eigenvalue weighted by atomic mass is 10.2. The number of amides is 1. The summed E-state index contributed by atoms with van der Waals surface area (Å²) in [5, 5.41) is 6.83. The number of benzene rings is 1. The molecule has 4 nitrogen and oxygen atoms in total. The van der Waals surface area contributed by atoms with Crippen molar-refractivity contribution in [3.8, 4) is 0 Å². The standard InChI is InChI=1S/C14H19BrClN3O/c15-13-3-2-11(16)10-12(13)14(20)18-4-1-7-19-8-5-17-6-9-19/h2-3,10,17H,1,4-9H2,(H,18,20). The van der Waals surface area contributed by atoms with E-state index in [4.69, 9.17) is 11.6 Å². The smallest absolute Gasteiger partial charge is 0.252 e. The van der Waals surface area contributed by atoms with Crippen LogP contribution in [0.25, 0.3) is 0 Å². The molecule has 0 saturated carbocycles. The van der Waals surface area contributed by atoms with Crippen molar-refractivity contribution in [2.24, 2.45) is 0 Å². The van der Waals surface area contributed by atoms with E-state index in [9.17, 15) is 4.79 Å². The molecule has 1 fully saturated rings. The minimum atomic E-state index is -0.0836. The van der Waals surface area contributed by atoms with Gasteiger partial charge in [-0.3, -0.25) is 4.79 Å². The lowest BCUT2D eigenvalue weighted by Crippen LogP contribution is -2.44. The van der Waals surface area contributed by atoms with Gasteiger partial charge in [0.1, 0.15) is 0 Å². The molecule has 1 heterocycles. The highest BCUT2D eigenvalue weighted by atomic mass is 79.9. The van der Waals surface area contributed by atoms with E-state index in [2.05, 4.69) is 31.5 Å². The van der Waals surface area contributed by atoms with Crippen LogP contribution in [0, 0.1) is 0 Å². The first-order chi connectivity index (χ1) is 9.66. The summed E-state index contributed by atoms with van der Waals surface area (Å²) < 4.78 is 0.765. The van der Waals surface area contributed by atoms with E-state index < -0.39 is 0 Å². The second kappa shape index (κ2) is 7.98. The van der Waals surface area contributed by atoms with E-state index in [1.54, 1.807) is 18.2 Å². The fourth-order valence-corrected chi connectivity index (χ4v) is 2.80. The lowest BCUT2D eigenvalue weighted by Gasteiger charge is -2.27. The third-order valence-corrected chi connectivity index (χ3v) is 4.25. The molecule has 1 saturated heterocycles. The summed E-state index contributed by atoms with van der Waals surface area (Å²) >= 11 is 9.28. The van der Waals surface area contributed by atoms with Crippen molar-refractivity contribution in [3.63, 3.8) is 0 Å². The second-order valence-electron chi connectivity index (χ2n) is 4.83. The summed E-state index contributed by atoms with van der Waals surface area (Å²) in [4.78, 5) is 14.5. The average molecular weight is 361 g/mol.